The van der Waals surface area contributed by atoms with Crippen LogP contribution in [0.25, 0.3) is 21.6 Å². The smallest absolute Gasteiger partial charge is 0.347 e. The minimum Gasteiger partial charge on any atom is -0.497 e. The molecule has 1 aliphatic heterocycles. The lowest BCUT2D eigenvalue weighted by Gasteiger charge is -2.13. The number of fused-ring (bicyclic) bond motifs is 2. The second-order valence-electron chi connectivity index (χ2n) is 9.06. The molecule has 0 fully saturated rings. The summed E-state index contributed by atoms with van der Waals surface area (Å²) in [7, 11) is 1.59. The molecule has 206 valence electrons. The van der Waals surface area contributed by atoms with Gasteiger partial charge >= 0.3 is 5.69 Å². The first-order valence-corrected chi connectivity index (χ1v) is 13.8. The third-order valence-electron chi connectivity index (χ3n) is 6.48. The van der Waals surface area contributed by atoms with Crippen molar-refractivity contribution in [1.29, 1.82) is 0 Å². The number of benzene rings is 3. The maximum atomic E-state index is 12.7. The first-order valence-electron chi connectivity index (χ1n) is 12.6. The largest absolute Gasteiger partial charge is 0.497 e. The van der Waals surface area contributed by atoms with Gasteiger partial charge in [-0.15, -0.1) is 5.06 Å². The summed E-state index contributed by atoms with van der Waals surface area (Å²) in [5.41, 5.74) is 2.66. The van der Waals surface area contributed by atoms with Crippen LogP contribution in [0.3, 0.4) is 0 Å². The molecule has 3 heterocycles. The molecule has 5 aromatic rings. The quantitative estimate of drug-likeness (QED) is 0.202. The van der Waals surface area contributed by atoms with Gasteiger partial charge in [0.1, 0.15) is 5.75 Å². The number of imide groups is 1. The number of hydroxylamine groups is 2. The number of halogens is 1. The Morgan fingerprint density at radius 3 is 2.29 bits per heavy atom. The topological polar surface area (TPSA) is 119 Å². The molecule has 2 aromatic heterocycles. The molecular formula is C29H22ClN5O5S. The monoisotopic (exact) mass is 587 g/mol. The molecule has 12 heteroatoms. The van der Waals surface area contributed by atoms with E-state index in [4.69, 9.17) is 26.2 Å². The fraction of sp³-hybridized carbons (Fsp3) is 0.138. The van der Waals surface area contributed by atoms with E-state index >= 15 is 0 Å². The number of hydrogen-bond donors (Lipinski definition) is 1. The van der Waals surface area contributed by atoms with E-state index in [1.54, 1.807) is 55.6 Å². The Hall–Kier alpha value is -4.58. The third-order valence-corrected chi connectivity index (χ3v) is 7.82. The van der Waals surface area contributed by atoms with Crippen LogP contribution in [0.5, 0.6) is 5.75 Å². The van der Waals surface area contributed by atoms with Crippen LogP contribution in [0.2, 0.25) is 5.02 Å². The van der Waals surface area contributed by atoms with Crippen molar-refractivity contribution < 1.29 is 19.2 Å². The minimum atomic E-state index is -0.504. The summed E-state index contributed by atoms with van der Waals surface area (Å²) in [6.45, 7) is 0.429. The molecule has 6 rings (SSSR count). The number of rotatable bonds is 8. The molecule has 0 spiro atoms. The normalized spacial score (nSPS) is 13.3. The van der Waals surface area contributed by atoms with Gasteiger partial charge in [0.25, 0.3) is 11.8 Å². The number of hydrogen-bond acceptors (Lipinski definition) is 8. The number of aryl methyl sites for hydroxylation is 1. The Bertz CT molecular complexity index is 1880. The predicted molar refractivity (Wildman–Crippen MR) is 154 cm³/mol. The molecule has 0 saturated carbocycles. The van der Waals surface area contributed by atoms with E-state index in [2.05, 4.69) is 9.97 Å². The summed E-state index contributed by atoms with van der Waals surface area (Å²) in [6, 6.07) is 21.0. The maximum absolute atomic E-state index is 12.7. The summed E-state index contributed by atoms with van der Waals surface area (Å²) in [6.07, 6.45) is 0.402. The SMILES string of the molecule is COc1ccc(-c2[nH]c(=O)nc3c2sc(=Nc2ccc(Cl)cc2)n3CCCON2C(=O)c3ccccc3C2=O)cc1. The van der Waals surface area contributed by atoms with Crippen molar-refractivity contribution in [2.75, 3.05) is 13.7 Å². The highest BCUT2D eigenvalue weighted by Crippen LogP contribution is 2.29. The third kappa shape index (κ3) is 5.18. The Labute approximate surface area is 242 Å². The van der Waals surface area contributed by atoms with Crippen LogP contribution in [-0.4, -0.2) is 45.1 Å². The lowest BCUT2D eigenvalue weighted by Crippen LogP contribution is -2.30. The molecular weight excluding hydrogens is 566 g/mol. The van der Waals surface area contributed by atoms with Crippen molar-refractivity contribution in [3.8, 4) is 17.0 Å². The molecule has 41 heavy (non-hydrogen) atoms. The van der Waals surface area contributed by atoms with Gasteiger partial charge in [-0.2, -0.15) is 4.98 Å². The number of aromatic nitrogens is 3. The second-order valence-corrected chi connectivity index (χ2v) is 10.5. The van der Waals surface area contributed by atoms with Crippen molar-refractivity contribution in [2.45, 2.75) is 13.0 Å². The van der Waals surface area contributed by atoms with Gasteiger partial charge in [0, 0.05) is 11.6 Å². The molecule has 2 amide bonds. The van der Waals surface area contributed by atoms with Crippen molar-refractivity contribution in [1.82, 2.24) is 19.6 Å². The predicted octanol–water partition coefficient (Wildman–Crippen LogP) is 4.97. The van der Waals surface area contributed by atoms with Crippen LogP contribution in [-0.2, 0) is 11.4 Å². The summed E-state index contributed by atoms with van der Waals surface area (Å²) >= 11 is 7.44. The van der Waals surface area contributed by atoms with E-state index in [1.807, 2.05) is 28.8 Å². The second kappa shape index (κ2) is 11.1. The van der Waals surface area contributed by atoms with Crippen LogP contribution in [0.1, 0.15) is 27.1 Å². The average molecular weight is 588 g/mol. The van der Waals surface area contributed by atoms with E-state index in [-0.39, 0.29) is 6.61 Å². The standard InChI is InChI=1S/C29H22ClN5O5S/c1-39-20-13-7-17(8-14-20)23-24-25(33-28(38)32-23)34(29(41-24)31-19-11-9-18(30)10-12-19)15-4-16-40-35-26(36)21-5-2-3-6-22(21)27(35)37/h2-3,5-14H,4,15-16H2,1H3,(H,32,33,38). The first kappa shape index (κ1) is 26.6. The summed E-state index contributed by atoms with van der Waals surface area (Å²) in [5, 5.41) is 1.39. The molecule has 0 saturated heterocycles. The first-order chi connectivity index (χ1) is 19.9. The van der Waals surface area contributed by atoms with Crippen LogP contribution in [0.4, 0.5) is 5.69 Å². The fourth-order valence-corrected chi connectivity index (χ4v) is 5.77. The van der Waals surface area contributed by atoms with Crippen LogP contribution in [0, 0.1) is 0 Å². The van der Waals surface area contributed by atoms with Gasteiger partial charge in [0.15, 0.2) is 10.4 Å². The number of ether oxygens (including phenoxy) is 1. The van der Waals surface area contributed by atoms with E-state index in [0.717, 1.165) is 15.3 Å². The van der Waals surface area contributed by atoms with Gasteiger partial charge in [-0.3, -0.25) is 14.4 Å². The van der Waals surface area contributed by atoms with Gasteiger partial charge in [-0.25, -0.2) is 9.79 Å². The fourth-order valence-electron chi connectivity index (χ4n) is 4.50. The zero-order valence-corrected chi connectivity index (χ0v) is 23.2. The maximum Gasteiger partial charge on any atom is 0.347 e. The number of thiazole rings is 1. The number of nitrogens with zero attached hydrogens (tertiary/aromatic N) is 4. The Kier molecular flexibility index (Phi) is 7.23. The summed E-state index contributed by atoms with van der Waals surface area (Å²) in [4.78, 5) is 56.1. The van der Waals surface area contributed by atoms with E-state index < -0.39 is 17.5 Å². The number of carbonyl (C=O) groups excluding carboxylic acids is 2. The lowest BCUT2D eigenvalue weighted by molar-refractivity contribution is -0.0925. The Morgan fingerprint density at radius 1 is 0.951 bits per heavy atom. The van der Waals surface area contributed by atoms with Gasteiger partial charge in [0.05, 0.1) is 40.9 Å². The van der Waals surface area contributed by atoms with E-state index in [0.29, 0.717) is 56.7 Å². The van der Waals surface area contributed by atoms with Crippen LogP contribution >= 0.6 is 22.9 Å². The summed E-state index contributed by atoms with van der Waals surface area (Å²) < 4.78 is 7.85. The highest BCUT2D eigenvalue weighted by molar-refractivity contribution is 7.16. The zero-order valence-electron chi connectivity index (χ0n) is 21.7. The van der Waals surface area contributed by atoms with Crippen molar-refractivity contribution in [3.63, 3.8) is 0 Å². The van der Waals surface area contributed by atoms with Gasteiger partial charge in [0.2, 0.25) is 0 Å². The number of nitrogens with one attached hydrogen (secondary N) is 1. The molecule has 0 unspecified atom stereocenters. The molecule has 1 aliphatic rings. The molecule has 10 nitrogen and oxygen atoms in total. The molecule has 0 atom stereocenters. The number of carbonyl (C=O) groups is 2. The molecule has 3 aromatic carbocycles. The minimum absolute atomic E-state index is 0.0741. The van der Waals surface area contributed by atoms with Gasteiger partial charge in [-0.1, -0.05) is 35.1 Å². The Morgan fingerprint density at radius 2 is 1.63 bits per heavy atom. The number of methoxy groups -OCH3 is 1. The lowest BCUT2D eigenvalue weighted by atomic mass is 10.1. The van der Waals surface area contributed by atoms with Crippen molar-refractivity contribution >= 4 is 50.8 Å². The zero-order chi connectivity index (χ0) is 28.5. The highest BCUT2D eigenvalue weighted by Gasteiger charge is 2.36. The number of amides is 2. The van der Waals surface area contributed by atoms with Gasteiger partial charge in [-0.05, 0) is 72.6 Å². The highest BCUT2D eigenvalue weighted by atomic mass is 35.5. The summed E-state index contributed by atoms with van der Waals surface area (Å²) in [5.74, 6) is -0.288. The number of aromatic amines is 1. The van der Waals surface area contributed by atoms with E-state index in [9.17, 15) is 14.4 Å². The average Bonchev–Trinajstić information content (AvgIpc) is 3.45. The molecule has 1 N–H and O–H groups in total. The van der Waals surface area contributed by atoms with Crippen LogP contribution < -0.4 is 15.2 Å². The molecule has 0 bridgehead atoms. The number of H-pyrrole nitrogens is 1. The molecule has 0 aliphatic carbocycles. The molecule has 0 radical (unpaired) electrons. The van der Waals surface area contributed by atoms with E-state index in [1.165, 1.54) is 11.3 Å². The van der Waals surface area contributed by atoms with Crippen LogP contribution in [0.15, 0.2) is 82.6 Å². The van der Waals surface area contributed by atoms with Crippen molar-refractivity contribution in [2.24, 2.45) is 4.99 Å². The Balaban J connectivity index is 1.33. The van der Waals surface area contributed by atoms with Gasteiger partial charge < -0.3 is 14.3 Å². The van der Waals surface area contributed by atoms with Crippen molar-refractivity contribution in [3.05, 3.63) is 104 Å².